The lowest BCUT2D eigenvalue weighted by molar-refractivity contribution is 0.267. The number of nitrogens with one attached hydrogen (secondary N) is 1. The third-order valence-corrected chi connectivity index (χ3v) is 2.90. The molecule has 2 rings (SSSR count). The minimum Gasteiger partial charge on any atom is -0.486 e. The van der Waals surface area contributed by atoms with Gasteiger partial charge in [0, 0.05) is 18.2 Å². The maximum atomic E-state index is 5.70. The van der Waals surface area contributed by atoms with E-state index in [9.17, 15) is 0 Å². The fraction of sp³-hybridized carbons (Fsp3) is 0.375. The molecule has 3 nitrogen and oxygen atoms in total. The first-order valence-electron chi connectivity index (χ1n) is 6.64. The first-order valence-corrected chi connectivity index (χ1v) is 6.64. The molecule has 0 spiro atoms. The van der Waals surface area contributed by atoms with Gasteiger partial charge in [-0.3, -0.25) is 0 Å². The fourth-order valence-electron chi connectivity index (χ4n) is 1.82. The van der Waals surface area contributed by atoms with Crippen LogP contribution in [-0.4, -0.2) is 6.04 Å². The van der Waals surface area contributed by atoms with Gasteiger partial charge in [0.15, 0.2) is 0 Å². The Morgan fingerprint density at radius 1 is 1.21 bits per heavy atom. The Bertz CT molecular complexity index is 503. The van der Waals surface area contributed by atoms with Crippen molar-refractivity contribution in [2.24, 2.45) is 0 Å². The van der Waals surface area contributed by atoms with Gasteiger partial charge >= 0.3 is 0 Å². The molecule has 0 atom stereocenters. The number of hydrogen-bond donors (Lipinski definition) is 1. The molecule has 0 saturated heterocycles. The molecule has 0 aliphatic carbocycles. The highest BCUT2D eigenvalue weighted by Gasteiger charge is 2.08. The number of ether oxygens (including phenoxy) is 1. The van der Waals surface area contributed by atoms with Gasteiger partial charge < -0.3 is 14.5 Å². The first kappa shape index (κ1) is 13.7. The zero-order chi connectivity index (χ0) is 13.7. The standard InChI is InChI=1S/C16H21NO2/c1-12(2)17-10-14-9-16(19-13(14)3)11-18-15-7-5-4-6-8-15/h4-9,12,17H,10-11H2,1-3H3. The van der Waals surface area contributed by atoms with Crippen LogP contribution in [0.4, 0.5) is 0 Å². The van der Waals surface area contributed by atoms with Crippen LogP contribution in [0.25, 0.3) is 0 Å². The Balaban J connectivity index is 1.92. The second-order valence-corrected chi connectivity index (χ2v) is 4.93. The monoisotopic (exact) mass is 259 g/mol. The van der Waals surface area contributed by atoms with Crippen LogP contribution in [-0.2, 0) is 13.2 Å². The minimum absolute atomic E-state index is 0.465. The summed E-state index contributed by atoms with van der Waals surface area (Å²) in [5, 5.41) is 3.39. The zero-order valence-corrected chi connectivity index (χ0v) is 11.8. The summed E-state index contributed by atoms with van der Waals surface area (Å²) in [6.45, 7) is 7.55. The topological polar surface area (TPSA) is 34.4 Å². The molecule has 0 bridgehead atoms. The van der Waals surface area contributed by atoms with E-state index in [4.69, 9.17) is 9.15 Å². The van der Waals surface area contributed by atoms with Crippen LogP contribution >= 0.6 is 0 Å². The largest absolute Gasteiger partial charge is 0.486 e. The first-order chi connectivity index (χ1) is 9.15. The third kappa shape index (κ3) is 4.14. The summed E-state index contributed by atoms with van der Waals surface area (Å²) < 4.78 is 11.4. The summed E-state index contributed by atoms with van der Waals surface area (Å²) in [7, 11) is 0. The minimum atomic E-state index is 0.465. The van der Waals surface area contributed by atoms with Gasteiger partial charge in [-0.05, 0) is 25.1 Å². The smallest absolute Gasteiger partial charge is 0.146 e. The molecule has 102 valence electrons. The van der Waals surface area contributed by atoms with Gasteiger partial charge in [-0.2, -0.15) is 0 Å². The van der Waals surface area contributed by atoms with Crippen LogP contribution in [0.2, 0.25) is 0 Å². The van der Waals surface area contributed by atoms with Gasteiger partial charge in [0.25, 0.3) is 0 Å². The van der Waals surface area contributed by atoms with Gasteiger partial charge in [0.2, 0.25) is 0 Å². The maximum absolute atomic E-state index is 5.70. The summed E-state index contributed by atoms with van der Waals surface area (Å²) in [5.41, 5.74) is 1.19. The average molecular weight is 259 g/mol. The van der Waals surface area contributed by atoms with Crippen molar-refractivity contribution in [2.45, 2.75) is 40.0 Å². The second-order valence-electron chi connectivity index (χ2n) is 4.93. The van der Waals surface area contributed by atoms with E-state index in [1.165, 1.54) is 5.56 Å². The Kier molecular flexibility index (Phi) is 4.63. The summed E-state index contributed by atoms with van der Waals surface area (Å²) in [4.78, 5) is 0. The molecule has 1 heterocycles. The summed E-state index contributed by atoms with van der Waals surface area (Å²) >= 11 is 0. The van der Waals surface area contributed by atoms with Gasteiger partial charge in [0.1, 0.15) is 23.9 Å². The van der Waals surface area contributed by atoms with Crippen LogP contribution in [0.3, 0.4) is 0 Å². The highest BCUT2D eigenvalue weighted by atomic mass is 16.5. The van der Waals surface area contributed by atoms with Crippen LogP contribution < -0.4 is 10.1 Å². The van der Waals surface area contributed by atoms with Crippen molar-refractivity contribution in [3.05, 3.63) is 53.5 Å². The van der Waals surface area contributed by atoms with Gasteiger partial charge in [0.05, 0.1) is 0 Å². The van der Waals surface area contributed by atoms with Crippen LogP contribution in [0.15, 0.2) is 40.8 Å². The van der Waals surface area contributed by atoms with Crippen molar-refractivity contribution >= 4 is 0 Å². The second kappa shape index (κ2) is 6.43. The zero-order valence-electron chi connectivity index (χ0n) is 11.8. The molecule has 0 aliphatic rings. The molecule has 2 aromatic rings. The molecule has 3 heteroatoms. The lowest BCUT2D eigenvalue weighted by Crippen LogP contribution is -2.21. The van der Waals surface area contributed by atoms with Crippen molar-refractivity contribution in [2.75, 3.05) is 0 Å². The molecule has 0 amide bonds. The van der Waals surface area contributed by atoms with E-state index in [1.807, 2.05) is 37.3 Å². The molecule has 0 saturated carbocycles. The quantitative estimate of drug-likeness (QED) is 0.859. The van der Waals surface area contributed by atoms with Crippen molar-refractivity contribution in [3.8, 4) is 5.75 Å². The summed E-state index contributed by atoms with van der Waals surface area (Å²) in [5.74, 6) is 2.68. The number of aryl methyl sites for hydroxylation is 1. The number of furan rings is 1. The molecule has 1 aromatic carbocycles. The van der Waals surface area contributed by atoms with Crippen molar-refractivity contribution < 1.29 is 9.15 Å². The van der Waals surface area contributed by atoms with Gasteiger partial charge in [-0.25, -0.2) is 0 Å². The molecule has 0 aliphatic heterocycles. The average Bonchev–Trinajstić information content (AvgIpc) is 2.76. The highest BCUT2D eigenvalue weighted by Crippen LogP contribution is 2.17. The van der Waals surface area contributed by atoms with Crippen LogP contribution in [0, 0.1) is 6.92 Å². The predicted molar refractivity (Wildman–Crippen MR) is 76.2 cm³/mol. The van der Waals surface area contributed by atoms with E-state index in [0.29, 0.717) is 12.6 Å². The highest BCUT2D eigenvalue weighted by molar-refractivity contribution is 5.23. The number of para-hydroxylation sites is 1. The summed E-state index contributed by atoms with van der Waals surface area (Å²) in [6, 6.07) is 12.3. The number of rotatable bonds is 6. The van der Waals surface area contributed by atoms with Crippen molar-refractivity contribution in [3.63, 3.8) is 0 Å². The maximum Gasteiger partial charge on any atom is 0.146 e. The number of hydrogen-bond acceptors (Lipinski definition) is 3. The van der Waals surface area contributed by atoms with Crippen LogP contribution in [0.1, 0.15) is 30.9 Å². The molecule has 0 unspecified atom stereocenters. The lowest BCUT2D eigenvalue weighted by Gasteiger charge is -2.06. The van der Waals surface area contributed by atoms with E-state index in [-0.39, 0.29) is 0 Å². The van der Waals surface area contributed by atoms with Gasteiger partial charge in [-0.15, -0.1) is 0 Å². The normalized spacial score (nSPS) is 10.9. The molecule has 0 radical (unpaired) electrons. The molecular weight excluding hydrogens is 238 g/mol. The SMILES string of the molecule is Cc1oc(COc2ccccc2)cc1CNC(C)C. The number of benzene rings is 1. The van der Waals surface area contributed by atoms with E-state index in [1.54, 1.807) is 0 Å². The molecular formula is C16H21NO2. The van der Waals surface area contributed by atoms with Crippen LogP contribution in [0.5, 0.6) is 5.75 Å². The van der Waals surface area contributed by atoms with Crippen molar-refractivity contribution in [1.82, 2.24) is 5.32 Å². The van der Waals surface area contributed by atoms with Crippen molar-refractivity contribution in [1.29, 1.82) is 0 Å². The van der Waals surface area contributed by atoms with Gasteiger partial charge in [-0.1, -0.05) is 32.0 Å². The van der Waals surface area contributed by atoms with E-state index in [2.05, 4.69) is 25.2 Å². The molecule has 19 heavy (non-hydrogen) atoms. The Labute approximate surface area is 114 Å². The summed E-state index contributed by atoms with van der Waals surface area (Å²) in [6.07, 6.45) is 0. The Morgan fingerprint density at radius 2 is 1.95 bits per heavy atom. The Hall–Kier alpha value is -1.74. The third-order valence-electron chi connectivity index (χ3n) is 2.90. The molecule has 0 fully saturated rings. The predicted octanol–water partition coefficient (Wildman–Crippen LogP) is 3.67. The molecule has 1 aromatic heterocycles. The molecule has 1 N–H and O–H groups in total. The van der Waals surface area contributed by atoms with E-state index < -0.39 is 0 Å². The van der Waals surface area contributed by atoms with E-state index in [0.717, 1.165) is 23.8 Å². The lowest BCUT2D eigenvalue weighted by atomic mass is 10.2. The Morgan fingerprint density at radius 3 is 2.63 bits per heavy atom. The fourth-order valence-corrected chi connectivity index (χ4v) is 1.82. The van der Waals surface area contributed by atoms with E-state index >= 15 is 0 Å².